The van der Waals surface area contributed by atoms with Crippen LogP contribution >= 0.6 is 0 Å². The Morgan fingerprint density at radius 1 is 0.938 bits per heavy atom. The predicted molar refractivity (Wildman–Crippen MR) is 122 cm³/mol. The highest BCUT2D eigenvalue weighted by Crippen LogP contribution is 2.50. The molecule has 0 aliphatic heterocycles. The Hall–Kier alpha value is -2.41. The van der Waals surface area contributed by atoms with Crippen LogP contribution in [0.1, 0.15) is 69.0 Å². The first-order valence-corrected chi connectivity index (χ1v) is 12.2. The molecule has 0 saturated heterocycles. The predicted octanol–water partition coefficient (Wildman–Crippen LogP) is 2.41. The van der Waals surface area contributed by atoms with Crippen molar-refractivity contribution in [3.63, 3.8) is 0 Å². The molecule has 3 saturated carbocycles. The van der Waals surface area contributed by atoms with E-state index in [0.29, 0.717) is 17.8 Å². The van der Waals surface area contributed by atoms with Crippen molar-refractivity contribution >= 4 is 23.4 Å². The summed E-state index contributed by atoms with van der Waals surface area (Å²) in [4.78, 5) is 37.1. The number of rotatable bonds is 9. The number of nitrogens with one attached hydrogen (secondary N) is 3. The minimum Gasteiger partial charge on any atom is -0.347 e. The monoisotopic (exact) mass is 438 g/mol. The molecule has 1 aromatic rings. The number of benzene rings is 1. The molecule has 4 aliphatic carbocycles. The first kappa shape index (κ1) is 21.4. The largest absolute Gasteiger partial charge is 0.347 e. The molecule has 3 atom stereocenters. The highest BCUT2D eigenvalue weighted by Gasteiger charge is 2.46. The van der Waals surface area contributed by atoms with Crippen molar-refractivity contribution in [2.75, 3.05) is 5.32 Å². The average Bonchev–Trinajstić information content (AvgIpc) is 3.59. The number of hydrogen-bond acceptors (Lipinski definition) is 4. The van der Waals surface area contributed by atoms with Gasteiger partial charge in [0.25, 0.3) is 0 Å². The lowest BCUT2D eigenvalue weighted by Crippen LogP contribution is -2.48. The molecule has 172 valence electrons. The summed E-state index contributed by atoms with van der Waals surface area (Å²) in [6.45, 7) is 1.45. The Kier molecular flexibility index (Phi) is 5.70. The molecular formula is C25H34N4O3. The smallest absolute Gasteiger partial charge is 0.243 e. The molecule has 0 heterocycles. The number of anilines is 1. The minimum atomic E-state index is -0.442. The average molecular weight is 439 g/mol. The standard InChI is InChI=1S/C25H34N4O3/c1-13(30)27-23(16-6-7-16)25(32)29-20-11-8-17-12-18(9-10-19(17)20)28-24(31)22(26)21(14-2-3-14)15-4-5-15/h9-10,12,14-16,20-23H,2-8,11,26H2,1H3,(H,27,30)(H,28,31)(H,29,32)/t20-,22+,23-/m1/s1. The molecule has 1 aromatic carbocycles. The van der Waals surface area contributed by atoms with Gasteiger partial charge < -0.3 is 21.7 Å². The fraction of sp³-hybridized carbons (Fsp3) is 0.640. The Bertz CT molecular complexity index is 908. The maximum Gasteiger partial charge on any atom is 0.243 e. The van der Waals surface area contributed by atoms with E-state index in [1.165, 1.54) is 32.6 Å². The molecule has 5 N–H and O–H groups in total. The fourth-order valence-electron chi connectivity index (χ4n) is 5.49. The third-order valence-corrected chi connectivity index (χ3v) is 7.59. The van der Waals surface area contributed by atoms with Crippen LogP contribution in [0.5, 0.6) is 0 Å². The van der Waals surface area contributed by atoms with Crippen LogP contribution < -0.4 is 21.7 Å². The zero-order valence-electron chi connectivity index (χ0n) is 18.7. The lowest BCUT2D eigenvalue weighted by atomic mass is 9.89. The zero-order valence-corrected chi connectivity index (χ0v) is 18.7. The van der Waals surface area contributed by atoms with Crippen molar-refractivity contribution < 1.29 is 14.4 Å². The lowest BCUT2D eigenvalue weighted by molar-refractivity contribution is -0.129. The highest BCUT2D eigenvalue weighted by molar-refractivity contribution is 5.95. The third-order valence-electron chi connectivity index (χ3n) is 7.59. The van der Waals surface area contributed by atoms with Gasteiger partial charge in [-0.3, -0.25) is 14.4 Å². The molecule has 7 nitrogen and oxygen atoms in total. The van der Waals surface area contributed by atoms with Crippen molar-refractivity contribution in [1.82, 2.24) is 10.6 Å². The summed E-state index contributed by atoms with van der Waals surface area (Å²) in [6, 6.07) is 4.97. The van der Waals surface area contributed by atoms with Gasteiger partial charge in [0.1, 0.15) is 6.04 Å². The quantitative estimate of drug-likeness (QED) is 0.474. The molecule has 0 radical (unpaired) electrons. The van der Waals surface area contributed by atoms with Gasteiger partial charge in [-0.1, -0.05) is 6.07 Å². The molecule has 7 heteroatoms. The molecule has 3 fully saturated rings. The van der Waals surface area contributed by atoms with Gasteiger partial charge in [0.15, 0.2) is 0 Å². The molecule has 5 rings (SSSR count). The van der Waals surface area contributed by atoms with Crippen molar-refractivity contribution in [2.45, 2.75) is 76.4 Å². The van der Waals surface area contributed by atoms with E-state index in [2.05, 4.69) is 16.0 Å². The van der Waals surface area contributed by atoms with Gasteiger partial charge in [0, 0.05) is 12.6 Å². The van der Waals surface area contributed by atoms with Crippen LogP contribution in [0.25, 0.3) is 0 Å². The Morgan fingerprint density at radius 3 is 2.19 bits per heavy atom. The molecule has 3 amide bonds. The Morgan fingerprint density at radius 2 is 1.59 bits per heavy atom. The van der Waals surface area contributed by atoms with Crippen molar-refractivity contribution in [3.05, 3.63) is 29.3 Å². The van der Waals surface area contributed by atoms with Crippen molar-refractivity contribution in [2.24, 2.45) is 29.4 Å². The molecular weight excluding hydrogens is 404 g/mol. The summed E-state index contributed by atoms with van der Waals surface area (Å²) in [5.74, 6) is 1.47. The molecule has 0 bridgehead atoms. The van der Waals surface area contributed by atoms with E-state index in [4.69, 9.17) is 5.73 Å². The second kappa shape index (κ2) is 8.50. The van der Waals surface area contributed by atoms with Crippen LogP contribution in [0.3, 0.4) is 0 Å². The van der Waals surface area contributed by atoms with Crippen LogP contribution in [-0.4, -0.2) is 29.8 Å². The van der Waals surface area contributed by atoms with Gasteiger partial charge in [0.05, 0.1) is 12.1 Å². The van der Waals surface area contributed by atoms with Crippen molar-refractivity contribution in [3.8, 4) is 0 Å². The van der Waals surface area contributed by atoms with E-state index in [9.17, 15) is 14.4 Å². The number of hydrogen-bond donors (Lipinski definition) is 4. The second-order valence-corrected chi connectivity index (χ2v) is 10.3. The SMILES string of the molecule is CC(=O)N[C@@H](C(=O)N[C@@H]1CCc2cc(NC(=O)[C@@H](N)C(C3CC3)C3CC3)ccc21)C1CC1. The Balaban J connectivity index is 1.21. The highest BCUT2D eigenvalue weighted by atomic mass is 16.2. The van der Waals surface area contributed by atoms with E-state index in [1.54, 1.807) is 0 Å². The number of carbonyl (C=O) groups excluding carboxylic acids is 3. The van der Waals surface area contributed by atoms with E-state index >= 15 is 0 Å². The number of nitrogens with two attached hydrogens (primary N) is 1. The van der Waals surface area contributed by atoms with E-state index in [1.807, 2.05) is 18.2 Å². The topological polar surface area (TPSA) is 113 Å². The second-order valence-electron chi connectivity index (χ2n) is 10.3. The summed E-state index contributed by atoms with van der Waals surface area (Å²) in [5, 5.41) is 8.97. The van der Waals surface area contributed by atoms with E-state index in [-0.39, 0.29) is 29.7 Å². The van der Waals surface area contributed by atoms with Gasteiger partial charge in [-0.25, -0.2) is 0 Å². The van der Waals surface area contributed by atoms with Crippen LogP contribution in [-0.2, 0) is 20.8 Å². The summed E-state index contributed by atoms with van der Waals surface area (Å²) >= 11 is 0. The first-order chi connectivity index (χ1) is 15.4. The fourth-order valence-corrected chi connectivity index (χ4v) is 5.49. The van der Waals surface area contributed by atoms with Crippen molar-refractivity contribution in [1.29, 1.82) is 0 Å². The number of amides is 3. The molecule has 0 unspecified atom stereocenters. The Labute approximate surface area is 189 Å². The summed E-state index contributed by atoms with van der Waals surface area (Å²) in [7, 11) is 0. The molecule has 32 heavy (non-hydrogen) atoms. The van der Waals surface area contributed by atoms with Crippen LogP contribution in [0, 0.1) is 23.7 Å². The number of carbonyl (C=O) groups is 3. The molecule has 4 aliphatic rings. The summed E-state index contributed by atoms with van der Waals surface area (Å²) in [6.07, 6.45) is 8.45. The van der Waals surface area contributed by atoms with E-state index < -0.39 is 12.1 Å². The van der Waals surface area contributed by atoms with Crippen LogP contribution in [0.2, 0.25) is 0 Å². The summed E-state index contributed by atoms with van der Waals surface area (Å²) < 4.78 is 0. The number of aryl methyl sites for hydroxylation is 1. The van der Waals surface area contributed by atoms with Crippen LogP contribution in [0.15, 0.2) is 18.2 Å². The van der Waals surface area contributed by atoms with Gasteiger partial charge in [-0.2, -0.15) is 0 Å². The normalized spacial score (nSPS) is 23.9. The van der Waals surface area contributed by atoms with Gasteiger partial charge in [0.2, 0.25) is 17.7 Å². The summed E-state index contributed by atoms with van der Waals surface area (Å²) in [5.41, 5.74) is 9.39. The molecule has 0 spiro atoms. The maximum atomic E-state index is 12.8. The lowest BCUT2D eigenvalue weighted by Gasteiger charge is -2.23. The zero-order chi connectivity index (χ0) is 22.4. The van der Waals surface area contributed by atoms with Gasteiger partial charge in [-0.15, -0.1) is 0 Å². The first-order valence-electron chi connectivity index (χ1n) is 12.2. The maximum absolute atomic E-state index is 12.8. The van der Waals surface area contributed by atoms with E-state index in [0.717, 1.165) is 42.5 Å². The number of fused-ring (bicyclic) bond motifs is 1. The third kappa shape index (κ3) is 4.68. The van der Waals surface area contributed by atoms with Gasteiger partial charge in [-0.05, 0) is 98.3 Å². The van der Waals surface area contributed by atoms with Gasteiger partial charge >= 0.3 is 0 Å². The minimum absolute atomic E-state index is 0.0615. The molecule has 0 aromatic heterocycles. The van der Waals surface area contributed by atoms with Crippen LogP contribution in [0.4, 0.5) is 5.69 Å².